The van der Waals surface area contributed by atoms with Crippen molar-refractivity contribution in [2.75, 3.05) is 14.2 Å². The summed E-state index contributed by atoms with van der Waals surface area (Å²) in [6.07, 6.45) is 1.63. The maximum Gasteiger partial charge on any atom is 0.273 e. The summed E-state index contributed by atoms with van der Waals surface area (Å²) in [6.45, 7) is 0.236. The van der Waals surface area contributed by atoms with E-state index in [1.807, 2.05) is 30.3 Å². The van der Waals surface area contributed by atoms with Gasteiger partial charge in [-0.1, -0.05) is 58.7 Å². The molecular formula is C19H17BrCl2N2O3. The summed E-state index contributed by atoms with van der Waals surface area (Å²) >= 11 is 14.8. The van der Waals surface area contributed by atoms with Crippen molar-refractivity contribution >= 4 is 56.8 Å². The first-order valence-corrected chi connectivity index (χ1v) is 9.37. The van der Waals surface area contributed by atoms with Crippen LogP contribution in [-0.2, 0) is 16.2 Å². The fourth-order valence-electron chi connectivity index (χ4n) is 2.31. The molecule has 1 N–H and O–H groups in total. The highest BCUT2D eigenvalue weighted by Crippen LogP contribution is 2.28. The lowest BCUT2D eigenvalue weighted by atomic mass is 10.0. The Labute approximate surface area is 176 Å². The third-order valence-corrected chi connectivity index (χ3v) is 4.35. The van der Waals surface area contributed by atoms with E-state index < -0.39 is 0 Å². The van der Waals surface area contributed by atoms with Gasteiger partial charge in [-0.3, -0.25) is 4.79 Å². The molecular weight excluding hydrogens is 455 g/mol. The van der Waals surface area contributed by atoms with Crippen molar-refractivity contribution < 1.29 is 14.4 Å². The van der Waals surface area contributed by atoms with E-state index in [1.54, 1.807) is 18.2 Å². The maximum atomic E-state index is 12.1. The Kier molecular flexibility index (Phi) is 8.16. The zero-order chi connectivity index (χ0) is 19.8. The predicted octanol–water partition coefficient (Wildman–Crippen LogP) is 4.90. The lowest BCUT2D eigenvalue weighted by Gasteiger charge is -2.13. The van der Waals surface area contributed by atoms with Gasteiger partial charge in [0.1, 0.15) is 24.0 Å². The van der Waals surface area contributed by atoms with Crippen molar-refractivity contribution in [2.24, 2.45) is 5.16 Å². The van der Waals surface area contributed by atoms with Crippen LogP contribution in [-0.4, -0.2) is 25.8 Å². The van der Waals surface area contributed by atoms with Crippen molar-refractivity contribution in [1.29, 1.82) is 0 Å². The first-order chi connectivity index (χ1) is 13.0. The van der Waals surface area contributed by atoms with E-state index in [2.05, 4.69) is 26.4 Å². The second-order valence-electron chi connectivity index (χ2n) is 5.27. The largest absolute Gasteiger partial charge is 0.488 e. The third kappa shape index (κ3) is 5.99. The van der Waals surface area contributed by atoms with Gasteiger partial charge in [0.05, 0.1) is 4.47 Å². The molecule has 5 nitrogen and oxygen atoms in total. The Morgan fingerprint density at radius 2 is 2.00 bits per heavy atom. The van der Waals surface area contributed by atoms with Crippen LogP contribution in [0, 0.1) is 0 Å². The molecule has 27 heavy (non-hydrogen) atoms. The first kappa shape index (κ1) is 21.3. The summed E-state index contributed by atoms with van der Waals surface area (Å²) in [5.41, 5.74) is 2.43. The quantitative estimate of drug-likeness (QED) is 0.461. The SMILES string of the molecule is CNC(=O)C(=NOC)c1ccccc1COc1ccc(C=C(Cl)Cl)cc1Br. The number of carbonyl (C=O) groups is 1. The molecule has 0 radical (unpaired) electrons. The van der Waals surface area contributed by atoms with Gasteiger partial charge in [0.15, 0.2) is 5.71 Å². The number of oxime groups is 1. The van der Waals surface area contributed by atoms with E-state index in [0.717, 1.165) is 15.6 Å². The minimum Gasteiger partial charge on any atom is -0.488 e. The van der Waals surface area contributed by atoms with Gasteiger partial charge in [0.2, 0.25) is 0 Å². The average Bonchev–Trinajstić information content (AvgIpc) is 2.65. The minimum absolute atomic E-state index is 0.170. The molecule has 0 saturated carbocycles. The molecule has 0 aliphatic heterocycles. The maximum absolute atomic E-state index is 12.1. The fourth-order valence-corrected chi connectivity index (χ4v) is 3.07. The number of ether oxygens (including phenoxy) is 1. The highest BCUT2D eigenvalue weighted by molar-refractivity contribution is 9.10. The van der Waals surface area contributed by atoms with Gasteiger partial charge in [-0.15, -0.1) is 0 Å². The van der Waals surface area contributed by atoms with Crippen LogP contribution in [0.3, 0.4) is 0 Å². The number of carbonyl (C=O) groups excluding carboxylic acids is 1. The zero-order valence-corrected chi connectivity index (χ0v) is 17.7. The minimum atomic E-state index is -0.348. The van der Waals surface area contributed by atoms with Gasteiger partial charge in [-0.05, 0) is 45.3 Å². The van der Waals surface area contributed by atoms with Crippen molar-refractivity contribution in [3.8, 4) is 5.75 Å². The van der Waals surface area contributed by atoms with Crippen LogP contribution in [0.2, 0.25) is 0 Å². The molecule has 0 aliphatic rings. The van der Waals surface area contributed by atoms with Crippen LogP contribution < -0.4 is 10.1 Å². The molecule has 8 heteroatoms. The highest BCUT2D eigenvalue weighted by Gasteiger charge is 2.17. The molecule has 0 saturated heterocycles. The summed E-state index contributed by atoms with van der Waals surface area (Å²) in [7, 11) is 2.93. The van der Waals surface area contributed by atoms with Gasteiger partial charge in [-0.25, -0.2) is 0 Å². The first-order valence-electron chi connectivity index (χ1n) is 7.82. The molecule has 2 rings (SSSR count). The second-order valence-corrected chi connectivity index (χ2v) is 7.13. The molecule has 142 valence electrons. The van der Waals surface area contributed by atoms with Crippen LogP contribution in [0.15, 0.2) is 56.6 Å². The number of hydrogen-bond acceptors (Lipinski definition) is 4. The normalized spacial score (nSPS) is 10.9. The van der Waals surface area contributed by atoms with Gasteiger partial charge in [-0.2, -0.15) is 0 Å². The molecule has 0 aromatic heterocycles. The molecule has 2 aromatic carbocycles. The Bertz CT molecular complexity index is 881. The summed E-state index contributed by atoms with van der Waals surface area (Å²) in [5.74, 6) is 0.289. The van der Waals surface area contributed by atoms with Crippen molar-refractivity contribution in [2.45, 2.75) is 6.61 Å². The van der Waals surface area contributed by atoms with E-state index >= 15 is 0 Å². The van der Waals surface area contributed by atoms with Crippen LogP contribution in [0.25, 0.3) is 6.08 Å². The number of rotatable bonds is 7. The molecule has 0 aliphatic carbocycles. The molecule has 0 fully saturated rings. The Hall–Kier alpha value is -2.02. The molecule has 2 aromatic rings. The number of nitrogens with one attached hydrogen (secondary N) is 1. The smallest absolute Gasteiger partial charge is 0.273 e. The van der Waals surface area contributed by atoms with Crippen molar-refractivity contribution in [1.82, 2.24) is 5.32 Å². The lowest BCUT2D eigenvalue weighted by molar-refractivity contribution is -0.114. The fraction of sp³-hybridized carbons (Fsp3) is 0.158. The summed E-state index contributed by atoms with van der Waals surface area (Å²) in [5, 5.41) is 6.40. The Morgan fingerprint density at radius 1 is 1.26 bits per heavy atom. The molecule has 0 bridgehead atoms. The lowest BCUT2D eigenvalue weighted by Crippen LogP contribution is -2.29. The van der Waals surface area contributed by atoms with Crippen molar-refractivity contribution in [3.63, 3.8) is 0 Å². The topological polar surface area (TPSA) is 59.9 Å². The summed E-state index contributed by atoms with van der Waals surface area (Å²) in [6, 6.07) is 12.8. The van der Waals surface area contributed by atoms with Crippen LogP contribution in [0.4, 0.5) is 0 Å². The summed E-state index contributed by atoms with van der Waals surface area (Å²) < 4.78 is 6.82. The standard InChI is InChI=1S/C19H17BrCl2N2O3/c1-23-19(25)18(24-26-2)14-6-4-3-5-13(14)11-27-16-8-7-12(9-15(16)20)10-17(21)22/h3-10H,11H2,1-2H3,(H,23,25). The van der Waals surface area contributed by atoms with E-state index in [4.69, 9.17) is 32.8 Å². The predicted molar refractivity (Wildman–Crippen MR) is 112 cm³/mol. The monoisotopic (exact) mass is 470 g/mol. The molecule has 1 amide bonds. The molecule has 0 unspecified atom stereocenters. The van der Waals surface area contributed by atoms with Gasteiger partial charge in [0, 0.05) is 12.6 Å². The number of likely N-dealkylation sites (N-methyl/N-ethyl adjacent to an activating group) is 1. The number of halogens is 3. The molecule has 0 heterocycles. The number of hydrogen-bond donors (Lipinski definition) is 1. The second kappa shape index (κ2) is 10.3. The van der Waals surface area contributed by atoms with Crippen LogP contribution >= 0.6 is 39.1 Å². The van der Waals surface area contributed by atoms with Crippen molar-refractivity contribution in [3.05, 3.63) is 68.1 Å². The third-order valence-electron chi connectivity index (χ3n) is 3.51. The highest BCUT2D eigenvalue weighted by atomic mass is 79.9. The van der Waals surface area contributed by atoms with E-state index in [0.29, 0.717) is 11.3 Å². The van der Waals surface area contributed by atoms with Crippen LogP contribution in [0.5, 0.6) is 5.75 Å². The number of amides is 1. The molecule has 0 atom stereocenters. The zero-order valence-electron chi connectivity index (χ0n) is 14.6. The number of benzene rings is 2. The van der Waals surface area contributed by atoms with Gasteiger partial charge in [0.25, 0.3) is 5.91 Å². The Morgan fingerprint density at radius 3 is 2.63 bits per heavy atom. The van der Waals surface area contributed by atoms with Crippen LogP contribution in [0.1, 0.15) is 16.7 Å². The van der Waals surface area contributed by atoms with Gasteiger partial charge >= 0.3 is 0 Å². The van der Waals surface area contributed by atoms with E-state index in [-0.39, 0.29) is 22.7 Å². The van der Waals surface area contributed by atoms with E-state index in [9.17, 15) is 4.79 Å². The molecule has 0 spiro atoms. The average molecular weight is 472 g/mol. The van der Waals surface area contributed by atoms with Gasteiger partial charge < -0.3 is 14.9 Å². The van der Waals surface area contributed by atoms with E-state index in [1.165, 1.54) is 14.2 Å². The summed E-state index contributed by atoms with van der Waals surface area (Å²) in [4.78, 5) is 16.9. The Balaban J connectivity index is 2.26. The number of nitrogens with zero attached hydrogens (tertiary/aromatic N) is 1.